The van der Waals surface area contributed by atoms with Crippen LogP contribution in [0.3, 0.4) is 0 Å². The number of primary amides is 2. The molecule has 0 aromatic heterocycles. The second-order valence-electron chi connectivity index (χ2n) is 7.11. The lowest BCUT2D eigenvalue weighted by molar-refractivity contribution is -0.144. The summed E-state index contributed by atoms with van der Waals surface area (Å²) in [6, 6.07) is -5.16. The Morgan fingerprint density at radius 1 is 1.03 bits per heavy atom. The molecule has 0 spiro atoms. The molecule has 14 heteroatoms. The number of carbonyl (C=O) groups excluding carboxylic acids is 5. The highest BCUT2D eigenvalue weighted by molar-refractivity contribution is 5.95. The molecule has 5 amide bonds. The molecule has 0 aromatic rings. The molecule has 1 aliphatic heterocycles. The number of rotatable bonds is 12. The molecule has 4 atom stereocenters. The number of carboxylic acid groups (broad SMARTS) is 1. The fourth-order valence-electron chi connectivity index (χ4n) is 3.07. The highest BCUT2D eigenvalue weighted by Gasteiger charge is 2.37. The summed E-state index contributed by atoms with van der Waals surface area (Å²) in [4.78, 5) is 71.5. The summed E-state index contributed by atoms with van der Waals surface area (Å²) < 4.78 is 0. The van der Waals surface area contributed by atoms with Gasteiger partial charge in [-0.05, 0) is 19.3 Å². The smallest absolute Gasteiger partial charge is 0.326 e. The average Bonchev–Trinajstić information content (AvgIpc) is 3.18. The van der Waals surface area contributed by atoms with E-state index >= 15 is 0 Å². The zero-order chi connectivity index (χ0) is 23.7. The Morgan fingerprint density at radius 3 is 2.19 bits per heavy atom. The van der Waals surface area contributed by atoms with Crippen LogP contribution in [0, 0.1) is 0 Å². The Hall–Kier alpha value is -3.26. The average molecular weight is 444 g/mol. The number of aliphatic hydroxyl groups excluding tert-OH is 1. The lowest BCUT2D eigenvalue weighted by Crippen LogP contribution is -2.57. The molecule has 31 heavy (non-hydrogen) atoms. The van der Waals surface area contributed by atoms with Crippen LogP contribution in [0.2, 0.25) is 0 Å². The van der Waals surface area contributed by atoms with E-state index in [1.54, 1.807) is 0 Å². The lowest BCUT2D eigenvalue weighted by Gasteiger charge is -2.28. The minimum Gasteiger partial charge on any atom is -0.480 e. The first kappa shape index (κ1) is 25.8. The molecule has 0 radical (unpaired) electrons. The van der Waals surface area contributed by atoms with Crippen molar-refractivity contribution in [1.29, 1.82) is 0 Å². The number of carbonyl (C=O) groups is 6. The largest absolute Gasteiger partial charge is 0.480 e. The van der Waals surface area contributed by atoms with Crippen LogP contribution in [0.5, 0.6) is 0 Å². The molecule has 10 N–H and O–H groups in total. The summed E-state index contributed by atoms with van der Waals surface area (Å²) in [6.45, 7) is -0.629. The van der Waals surface area contributed by atoms with Crippen molar-refractivity contribution >= 4 is 35.5 Å². The number of aliphatic carboxylic acids is 1. The topological polar surface area (TPSA) is 248 Å². The van der Waals surface area contributed by atoms with Gasteiger partial charge in [0.25, 0.3) is 0 Å². The van der Waals surface area contributed by atoms with Gasteiger partial charge in [-0.2, -0.15) is 0 Å². The van der Waals surface area contributed by atoms with E-state index in [0.29, 0.717) is 6.42 Å². The molecule has 0 unspecified atom stereocenters. The number of likely N-dealkylation sites (tertiary alicyclic amines) is 1. The SMILES string of the molecule is NC(=O)CC[C@H](N)C(=O)N1CCC[C@H]1C(=O)N[C@H](CO)C(=O)N[C@@H](CC(N)=O)C(=O)O. The number of carboxylic acids is 1. The van der Waals surface area contributed by atoms with Gasteiger partial charge in [-0.15, -0.1) is 0 Å². The van der Waals surface area contributed by atoms with Gasteiger partial charge in [0.05, 0.1) is 19.1 Å². The zero-order valence-electron chi connectivity index (χ0n) is 16.8. The Kier molecular flexibility index (Phi) is 9.82. The molecule has 0 saturated carbocycles. The quantitative estimate of drug-likeness (QED) is 0.153. The Morgan fingerprint density at radius 2 is 1.68 bits per heavy atom. The maximum Gasteiger partial charge on any atom is 0.326 e. The molecule has 0 aliphatic carbocycles. The third kappa shape index (κ3) is 7.82. The van der Waals surface area contributed by atoms with Crippen LogP contribution in [0.25, 0.3) is 0 Å². The standard InChI is InChI=1S/C17H28N6O8/c18-8(3-4-12(19)25)16(29)23-5-1-2-11(23)15(28)22-10(7-24)14(27)21-9(17(30)31)6-13(20)26/h8-11,24H,1-7,18H2,(H2,19,25)(H2,20,26)(H,21,27)(H,22,28)(H,30,31)/t8-,9-,10+,11-/m0/s1. The van der Waals surface area contributed by atoms with Crippen LogP contribution in [0.15, 0.2) is 0 Å². The number of hydrogen-bond donors (Lipinski definition) is 7. The monoisotopic (exact) mass is 444 g/mol. The van der Waals surface area contributed by atoms with E-state index in [0.717, 1.165) is 0 Å². The van der Waals surface area contributed by atoms with Crippen molar-refractivity contribution in [3.8, 4) is 0 Å². The summed E-state index contributed by atoms with van der Waals surface area (Å²) in [7, 11) is 0. The maximum atomic E-state index is 12.6. The number of nitrogens with one attached hydrogen (secondary N) is 2. The van der Waals surface area contributed by atoms with Gasteiger partial charge in [0.2, 0.25) is 29.5 Å². The van der Waals surface area contributed by atoms with Crippen LogP contribution in [-0.4, -0.2) is 87.9 Å². The van der Waals surface area contributed by atoms with Gasteiger partial charge >= 0.3 is 5.97 Å². The minimum absolute atomic E-state index is 0.0110. The molecule has 0 bridgehead atoms. The summed E-state index contributed by atoms with van der Waals surface area (Å²) in [5.74, 6) is -5.46. The number of hydrogen-bond acceptors (Lipinski definition) is 8. The van der Waals surface area contributed by atoms with E-state index in [2.05, 4.69) is 5.32 Å². The van der Waals surface area contributed by atoms with Crippen LogP contribution >= 0.6 is 0 Å². The molecule has 174 valence electrons. The first-order chi connectivity index (χ1) is 14.5. The van der Waals surface area contributed by atoms with E-state index in [9.17, 15) is 33.9 Å². The predicted molar refractivity (Wildman–Crippen MR) is 104 cm³/mol. The molecule has 1 heterocycles. The van der Waals surface area contributed by atoms with Crippen LogP contribution in [-0.2, 0) is 28.8 Å². The predicted octanol–water partition coefficient (Wildman–Crippen LogP) is -4.51. The van der Waals surface area contributed by atoms with Crippen molar-refractivity contribution in [3.05, 3.63) is 0 Å². The summed E-state index contributed by atoms with van der Waals surface area (Å²) in [5.41, 5.74) is 15.8. The minimum atomic E-state index is -1.64. The van der Waals surface area contributed by atoms with E-state index in [-0.39, 0.29) is 25.8 Å². The van der Waals surface area contributed by atoms with Gasteiger partial charge in [0.15, 0.2) is 0 Å². The van der Waals surface area contributed by atoms with Crippen LogP contribution in [0.1, 0.15) is 32.1 Å². The highest BCUT2D eigenvalue weighted by atomic mass is 16.4. The molecular formula is C17H28N6O8. The third-order valence-electron chi connectivity index (χ3n) is 4.69. The van der Waals surface area contributed by atoms with Crippen LogP contribution < -0.4 is 27.8 Å². The molecule has 1 aliphatic rings. The van der Waals surface area contributed by atoms with Crippen molar-refractivity contribution < 1.29 is 39.0 Å². The second kappa shape index (κ2) is 11.8. The molecule has 1 rings (SSSR count). The normalized spacial score (nSPS) is 18.5. The van der Waals surface area contributed by atoms with E-state index in [4.69, 9.17) is 22.3 Å². The van der Waals surface area contributed by atoms with Gasteiger partial charge in [0.1, 0.15) is 18.1 Å². The Bertz CT molecular complexity index is 729. The number of aliphatic hydroxyl groups is 1. The summed E-state index contributed by atoms with van der Waals surface area (Å²) in [6.07, 6.45) is 0.000155. The van der Waals surface area contributed by atoms with Gasteiger partial charge in [-0.25, -0.2) is 4.79 Å². The van der Waals surface area contributed by atoms with Gasteiger partial charge < -0.3 is 42.9 Å². The first-order valence-electron chi connectivity index (χ1n) is 9.55. The van der Waals surface area contributed by atoms with Crippen molar-refractivity contribution in [3.63, 3.8) is 0 Å². The summed E-state index contributed by atoms with van der Waals surface area (Å²) >= 11 is 0. The second-order valence-corrected chi connectivity index (χ2v) is 7.11. The molecule has 1 saturated heterocycles. The number of amides is 5. The molecule has 1 fully saturated rings. The van der Waals surface area contributed by atoms with Crippen molar-refractivity contribution in [2.24, 2.45) is 17.2 Å². The van der Waals surface area contributed by atoms with Crippen molar-refractivity contribution in [1.82, 2.24) is 15.5 Å². The zero-order valence-corrected chi connectivity index (χ0v) is 16.8. The van der Waals surface area contributed by atoms with Gasteiger partial charge in [0, 0.05) is 13.0 Å². The van der Waals surface area contributed by atoms with E-state index in [1.165, 1.54) is 4.90 Å². The molecule has 0 aromatic carbocycles. The maximum absolute atomic E-state index is 12.6. The lowest BCUT2D eigenvalue weighted by atomic mass is 10.1. The number of nitrogens with two attached hydrogens (primary N) is 3. The molecular weight excluding hydrogens is 416 g/mol. The van der Waals surface area contributed by atoms with E-state index < -0.39 is 72.7 Å². The van der Waals surface area contributed by atoms with Crippen molar-refractivity contribution in [2.75, 3.05) is 13.2 Å². The first-order valence-corrected chi connectivity index (χ1v) is 9.55. The fourth-order valence-corrected chi connectivity index (χ4v) is 3.07. The molecule has 14 nitrogen and oxygen atoms in total. The van der Waals surface area contributed by atoms with E-state index in [1.807, 2.05) is 5.32 Å². The summed E-state index contributed by atoms with van der Waals surface area (Å²) in [5, 5.41) is 22.8. The Balaban J connectivity index is 2.78. The van der Waals surface area contributed by atoms with Gasteiger partial charge in [-0.1, -0.05) is 0 Å². The number of nitrogens with zero attached hydrogens (tertiary/aromatic N) is 1. The fraction of sp³-hybridized carbons (Fsp3) is 0.647. The van der Waals surface area contributed by atoms with Gasteiger partial charge in [-0.3, -0.25) is 24.0 Å². The Labute approximate surface area is 177 Å². The van der Waals surface area contributed by atoms with Crippen LogP contribution in [0.4, 0.5) is 0 Å². The highest BCUT2D eigenvalue weighted by Crippen LogP contribution is 2.19. The third-order valence-corrected chi connectivity index (χ3v) is 4.69. The van der Waals surface area contributed by atoms with Crippen molar-refractivity contribution in [2.45, 2.75) is 56.3 Å².